The van der Waals surface area contributed by atoms with Crippen molar-refractivity contribution in [1.82, 2.24) is 14.8 Å². The highest BCUT2D eigenvalue weighted by Crippen LogP contribution is 2.44. The molecule has 0 aliphatic carbocycles. The van der Waals surface area contributed by atoms with E-state index in [9.17, 15) is 9.59 Å². The lowest BCUT2D eigenvalue weighted by atomic mass is 10.1. The summed E-state index contributed by atoms with van der Waals surface area (Å²) in [6.07, 6.45) is -1.93. The number of rotatable bonds is 6. The molecule has 3 aliphatic rings. The zero-order valence-electron chi connectivity index (χ0n) is 18.2. The van der Waals surface area contributed by atoms with Crippen molar-refractivity contribution in [2.45, 2.75) is 30.8 Å². The molecule has 0 saturated carbocycles. The van der Waals surface area contributed by atoms with Crippen LogP contribution in [-0.4, -0.2) is 58.4 Å². The van der Waals surface area contributed by atoms with Crippen molar-refractivity contribution in [3.05, 3.63) is 71.8 Å². The van der Waals surface area contributed by atoms with Crippen molar-refractivity contribution in [1.29, 1.82) is 0 Å². The maximum absolute atomic E-state index is 12.7. The molecule has 4 heterocycles. The number of primary amides is 1. The van der Waals surface area contributed by atoms with E-state index in [-0.39, 0.29) is 19.2 Å². The topological polar surface area (TPSA) is 146 Å². The van der Waals surface area contributed by atoms with Crippen LogP contribution in [0.1, 0.15) is 39.1 Å². The average molecular weight is 480 g/mol. The predicted molar refractivity (Wildman–Crippen MR) is 114 cm³/mol. The Labute approximate surface area is 198 Å². The minimum Gasteiger partial charge on any atom is -0.459 e. The van der Waals surface area contributed by atoms with Crippen molar-refractivity contribution in [2.24, 2.45) is 5.73 Å². The molecular formula is C23H20N4O8. The smallest absolute Gasteiger partial charge is 0.338 e. The third kappa shape index (κ3) is 3.97. The molecule has 2 aromatic carbocycles. The number of hydrogen-bond acceptors (Lipinski definition) is 10. The second-order valence-electron chi connectivity index (χ2n) is 8.09. The van der Waals surface area contributed by atoms with Crippen LogP contribution in [0.4, 0.5) is 0 Å². The number of ether oxygens (including phenoxy) is 6. The number of hydrogen-bond donors (Lipinski definition) is 1. The van der Waals surface area contributed by atoms with E-state index in [1.807, 2.05) is 30.3 Å². The standard InChI is InChI=1S/C23H20N4O8/c24-19(28)20-25-10-27(26-20)21-18-17(34-23(35-18)12-4-2-1-3-5-12)16(33-21)9-30-22(29)13-6-7-14-15(8-13)32-11-31-14/h1-8,10,16-18,21,23H,9,11H2,(H2,24,28). The first-order valence-electron chi connectivity index (χ1n) is 10.9. The monoisotopic (exact) mass is 480 g/mol. The fourth-order valence-corrected chi connectivity index (χ4v) is 4.22. The van der Waals surface area contributed by atoms with Crippen molar-refractivity contribution < 1.29 is 38.0 Å². The number of fused-ring (bicyclic) bond motifs is 2. The van der Waals surface area contributed by atoms with Crippen molar-refractivity contribution in [2.75, 3.05) is 13.4 Å². The molecule has 1 amide bonds. The molecule has 2 saturated heterocycles. The molecule has 12 heteroatoms. The number of benzene rings is 2. The van der Waals surface area contributed by atoms with E-state index in [4.69, 9.17) is 34.2 Å². The fourth-order valence-electron chi connectivity index (χ4n) is 4.22. The minimum atomic E-state index is -0.774. The van der Waals surface area contributed by atoms with Crippen LogP contribution < -0.4 is 15.2 Å². The van der Waals surface area contributed by atoms with Gasteiger partial charge in [-0.25, -0.2) is 14.5 Å². The number of carbonyl (C=O) groups excluding carboxylic acids is 2. The largest absolute Gasteiger partial charge is 0.459 e. The van der Waals surface area contributed by atoms with Crippen LogP contribution in [0.5, 0.6) is 11.5 Å². The Morgan fingerprint density at radius 3 is 2.63 bits per heavy atom. The van der Waals surface area contributed by atoms with Gasteiger partial charge in [0.1, 0.15) is 31.2 Å². The van der Waals surface area contributed by atoms with Gasteiger partial charge in [-0.05, 0) is 18.2 Å². The SMILES string of the molecule is NC(=O)c1ncn(C2OC(COC(=O)c3ccc4c(c3)OCO4)C3OC(c4ccccc4)OC32)n1. The van der Waals surface area contributed by atoms with E-state index in [0.717, 1.165) is 5.56 Å². The molecule has 0 radical (unpaired) electrons. The molecule has 12 nitrogen and oxygen atoms in total. The molecule has 5 atom stereocenters. The van der Waals surface area contributed by atoms with E-state index in [0.29, 0.717) is 17.1 Å². The molecule has 0 spiro atoms. The summed E-state index contributed by atoms with van der Waals surface area (Å²) in [5.41, 5.74) is 6.42. The van der Waals surface area contributed by atoms with Gasteiger partial charge in [-0.15, -0.1) is 5.10 Å². The van der Waals surface area contributed by atoms with E-state index in [1.165, 1.54) is 11.0 Å². The lowest BCUT2D eigenvalue weighted by Gasteiger charge is -2.20. The van der Waals surface area contributed by atoms with Gasteiger partial charge in [-0.1, -0.05) is 30.3 Å². The van der Waals surface area contributed by atoms with Gasteiger partial charge in [0.25, 0.3) is 5.91 Å². The summed E-state index contributed by atoms with van der Waals surface area (Å²) < 4.78 is 35.9. The summed E-state index contributed by atoms with van der Waals surface area (Å²) in [5, 5.41) is 4.10. The van der Waals surface area contributed by atoms with Crippen LogP contribution in [0.3, 0.4) is 0 Å². The number of nitrogens with zero attached hydrogens (tertiary/aromatic N) is 3. The Morgan fingerprint density at radius 1 is 1.03 bits per heavy atom. The summed E-state index contributed by atoms with van der Waals surface area (Å²) in [4.78, 5) is 28.1. The quantitative estimate of drug-likeness (QED) is 0.513. The maximum Gasteiger partial charge on any atom is 0.338 e. The van der Waals surface area contributed by atoms with Crippen molar-refractivity contribution in [3.8, 4) is 11.5 Å². The Bertz CT molecular complexity index is 1270. The van der Waals surface area contributed by atoms with Crippen LogP contribution in [0, 0.1) is 0 Å². The Morgan fingerprint density at radius 2 is 1.83 bits per heavy atom. The van der Waals surface area contributed by atoms with Crippen LogP contribution in [0.2, 0.25) is 0 Å². The zero-order valence-corrected chi connectivity index (χ0v) is 18.2. The summed E-state index contributed by atoms with van der Waals surface area (Å²) in [6, 6.07) is 14.2. The first-order valence-corrected chi connectivity index (χ1v) is 10.9. The van der Waals surface area contributed by atoms with Gasteiger partial charge >= 0.3 is 5.97 Å². The average Bonchev–Trinajstić information content (AvgIpc) is 3.66. The highest BCUT2D eigenvalue weighted by atomic mass is 16.8. The molecule has 2 N–H and O–H groups in total. The second kappa shape index (κ2) is 8.65. The van der Waals surface area contributed by atoms with Gasteiger partial charge in [-0.2, -0.15) is 0 Å². The number of aromatic nitrogens is 3. The maximum atomic E-state index is 12.7. The lowest BCUT2D eigenvalue weighted by Crippen LogP contribution is -2.32. The molecular weight excluding hydrogens is 460 g/mol. The predicted octanol–water partition coefficient (Wildman–Crippen LogP) is 1.34. The Hall–Kier alpha value is -4.00. The highest BCUT2D eigenvalue weighted by molar-refractivity contribution is 5.90. The normalized spacial score (nSPS) is 26.5. The van der Waals surface area contributed by atoms with Gasteiger partial charge in [-0.3, -0.25) is 4.79 Å². The Balaban J connectivity index is 1.20. The minimum absolute atomic E-state index is 0.104. The molecule has 3 aromatic rings. The van der Waals surface area contributed by atoms with Crippen molar-refractivity contribution in [3.63, 3.8) is 0 Å². The molecule has 3 aliphatic heterocycles. The van der Waals surface area contributed by atoms with Crippen LogP contribution in [0.15, 0.2) is 54.9 Å². The molecule has 5 unspecified atom stereocenters. The van der Waals surface area contributed by atoms with Gasteiger partial charge in [0.15, 0.2) is 24.0 Å². The van der Waals surface area contributed by atoms with Crippen LogP contribution in [-0.2, 0) is 18.9 Å². The van der Waals surface area contributed by atoms with E-state index >= 15 is 0 Å². The number of nitrogens with two attached hydrogens (primary N) is 1. The molecule has 35 heavy (non-hydrogen) atoms. The summed E-state index contributed by atoms with van der Waals surface area (Å²) in [7, 11) is 0. The summed E-state index contributed by atoms with van der Waals surface area (Å²) in [5.74, 6) is -0.425. The van der Waals surface area contributed by atoms with Gasteiger partial charge in [0.05, 0.1) is 5.56 Å². The van der Waals surface area contributed by atoms with Crippen molar-refractivity contribution >= 4 is 11.9 Å². The zero-order chi connectivity index (χ0) is 23.9. The lowest BCUT2D eigenvalue weighted by molar-refractivity contribution is -0.156. The first-order chi connectivity index (χ1) is 17.1. The summed E-state index contributed by atoms with van der Waals surface area (Å²) >= 11 is 0. The number of esters is 1. The molecule has 6 rings (SSSR count). The molecule has 180 valence electrons. The first kappa shape index (κ1) is 21.5. The van der Waals surface area contributed by atoms with E-state index < -0.39 is 42.7 Å². The summed E-state index contributed by atoms with van der Waals surface area (Å²) in [6.45, 7) is 0.00105. The van der Waals surface area contributed by atoms with Gasteiger partial charge < -0.3 is 34.2 Å². The van der Waals surface area contributed by atoms with Crippen LogP contribution >= 0.6 is 0 Å². The third-order valence-electron chi connectivity index (χ3n) is 5.90. The third-order valence-corrected chi connectivity index (χ3v) is 5.90. The molecule has 0 bridgehead atoms. The fraction of sp³-hybridized carbons (Fsp3) is 0.304. The van der Waals surface area contributed by atoms with Crippen LogP contribution in [0.25, 0.3) is 0 Å². The molecule has 1 aromatic heterocycles. The van der Waals surface area contributed by atoms with Gasteiger partial charge in [0, 0.05) is 5.56 Å². The Kier molecular flexibility index (Phi) is 5.32. The van der Waals surface area contributed by atoms with Gasteiger partial charge in [0.2, 0.25) is 12.6 Å². The number of amides is 1. The highest BCUT2D eigenvalue weighted by Gasteiger charge is 2.54. The van der Waals surface area contributed by atoms with E-state index in [1.54, 1.807) is 18.2 Å². The van der Waals surface area contributed by atoms with E-state index in [2.05, 4.69) is 10.1 Å². The molecule has 2 fully saturated rings. The second-order valence-corrected chi connectivity index (χ2v) is 8.09. The number of carbonyl (C=O) groups is 2.